The molecule has 1 heterocycles. The number of nitrogens with zero attached hydrogens (tertiary/aromatic N) is 1. The van der Waals surface area contributed by atoms with Gasteiger partial charge in [-0.15, -0.1) is 11.8 Å². The van der Waals surface area contributed by atoms with Crippen molar-refractivity contribution in [1.82, 2.24) is 4.57 Å². The summed E-state index contributed by atoms with van der Waals surface area (Å²) in [6.07, 6.45) is 0.907. The fraction of sp³-hybridized carbons (Fsp3) is 0.389. The number of Topliss-reactive ketones (excluding diaryl/α,β-unsaturated/α-hetero) is 1. The van der Waals surface area contributed by atoms with Crippen LogP contribution in [0, 0.1) is 19.7 Å². The standard InChI is InChI=1S/C18H22FNO2S/c1-13-11-15(14(2)20(13)9-6-10-22-3)17(21)12-23-18-8-5-4-7-16(18)19/h4-5,7-8,11H,6,9-10,12H2,1-3H3. The van der Waals surface area contributed by atoms with E-state index in [1.165, 1.54) is 17.8 Å². The van der Waals surface area contributed by atoms with Crippen molar-refractivity contribution in [3.63, 3.8) is 0 Å². The number of ether oxygens (including phenoxy) is 1. The highest BCUT2D eigenvalue weighted by molar-refractivity contribution is 8.00. The summed E-state index contributed by atoms with van der Waals surface area (Å²) < 4.78 is 20.8. The molecule has 23 heavy (non-hydrogen) atoms. The minimum atomic E-state index is -0.282. The molecule has 5 heteroatoms. The van der Waals surface area contributed by atoms with E-state index >= 15 is 0 Å². The van der Waals surface area contributed by atoms with Crippen molar-refractivity contribution in [1.29, 1.82) is 0 Å². The van der Waals surface area contributed by atoms with Crippen LogP contribution in [0.25, 0.3) is 0 Å². The van der Waals surface area contributed by atoms with Crippen molar-refractivity contribution in [2.75, 3.05) is 19.5 Å². The van der Waals surface area contributed by atoms with Crippen molar-refractivity contribution in [2.45, 2.75) is 31.7 Å². The van der Waals surface area contributed by atoms with Crippen LogP contribution >= 0.6 is 11.8 Å². The van der Waals surface area contributed by atoms with E-state index < -0.39 is 0 Å². The lowest BCUT2D eigenvalue weighted by molar-refractivity contribution is 0.102. The maximum absolute atomic E-state index is 13.6. The van der Waals surface area contributed by atoms with Crippen molar-refractivity contribution < 1.29 is 13.9 Å². The smallest absolute Gasteiger partial charge is 0.174 e. The third kappa shape index (κ3) is 4.45. The summed E-state index contributed by atoms with van der Waals surface area (Å²) in [7, 11) is 1.68. The zero-order valence-electron chi connectivity index (χ0n) is 13.8. The van der Waals surface area contributed by atoms with Gasteiger partial charge >= 0.3 is 0 Å². The fourth-order valence-corrected chi connectivity index (χ4v) is 3.40. The second-order valence-corrected chi connectivity index (χ2v) is 6.44. The quantitative estimate of drug-likeness (QED) is 0.410. The van der Waals surface area contributed by atoms with Crippen LogP contribution in [0.1, 0.15) is 28.2 Å². The summed E-state index contributed by atoms with van der Waals surface area (Å²) in [5.41, 5.74) is 2.76. The Balaban J connectivity index is 2.05. The molecule has 1 aromatic heterocycles. The molecule has 0 amide bonds. The third-order valence-corrected chi connectivity index (χ3v) is 4.85. The second-order valence-electron chi connectivity index (χ2n) is 5.43. The number of carbonyl (C=O) groups excluding carboxylic acids is 1. The Hall–Kier alpha value is -1.59. The maximum Gasteiger partial charge on any atom is 0.174 e. The molecule has 1 aromatic carbocycles. The highest BCUT2D eigenvalue weighted by atomic mass is 32.2. The van der Waals surface area contributed by atoms with Crippen LogP contribution in [0.5, 0.6) is 0 Å². The van der Waals surface area contributed by atoms with E-state index in [0.717, 1.165) is 29.9 Å². The topological polar surface area (TPSA) is 31.2 Å². The van der Waals surface area contributed by atoms with E-state index in [0.29, 0.717) is 11.5 Å². The molecular weight excluding hydrogens is 313 g/mol. The first-order valence-electron chi connectivity index (χ1n) is 7.60. The van der Waals surface area contributed by atoms with E-state index in [9.17, 15) is 9.18 Å². The van der Waals surface area contributed by atoms with Gasteiger partial charge in [0.25, 0.3) is 0 Å². The number of carbonyl (C=O) groups is 1. The van der Waals surface area contributed by atoms with Crippen LogP contribution < -0.4 is 0 Å². The van der Waals surface area contributed by atoms with Gasteiger partial charge in [-0.1, -0.05) is 12.1 Å². The van der Waals surface area contributed by atoms with Gasteiger partial charge in [-0.3, -0.25) is 4.79 Å². The monoisotopic (exact) mass is 335 g/mol. The van der Waals surface area contributed by atoms with Gasteiger partial charge in [-0.05, 0) is 38.5 Å². The summed E-state index contributed by atoms with van der Waals surface area (Å²) in [5, 5.41) is 0. The van der Waals surface area contributed by atoms with E-state index in [-0.39, 0.29) is 17.4 Å². The molecule has 0 unspecified atom stereocenters. The number of aromatic nitrogens is 1. The van der Waals surface area contributed by atoms with E-state index in [2.05, 4.69) is 4.57 Å². The first-order chi connectivity index (χ1) is 11.0. The average Bonchev–Trinajstić information content (AvgIpc) is 2.82. The Morgan fingerprint density at radius 1 is 1.30 bits per heavy atom. The zero-order valence-corrected chi connectivity index (χ0v) is 14.6. The largest absolute Gasteiger partial charge is 0.385 e. The van der Waals surface area contributed by atoms with Crippen molar-refractivity contribution >= 4 is 17.5 Å². The van der Waals surface area contributed by atoms with Gasteiger partial charge in [0.2, 0.25) is 0 Å². The van der Waals surface area contributed by atoms with Crippen LogP contribution in [-0.4, -0.2) is 29.8 Å². The Morgan fingerprint density at radius 3 is 2.74 bits per heavy atom. The third-order valence-electron chi connectivity index (χ3n) is 3.80. The SMILES string of the molecule is COCCCn1c(C)cc(C(=O)CSc2ccccc2F)c1C. The van der Waals surface area contributed by atoms with E-state index in [4.69, 9.17) is 4.74 Å². The van der Waals surface area contributed by atoms with Crippen LogP contribution in [0.15, 0.2) is 35.2 Å². The molecule has 0 spiro atoms. The van der Waals surface area contributed by atoms with Crippen LogP contribution in [0.4, 0.5) is 4.39 Å². The van der Waals surface area contributed by atoms with Crippen molar-refractivity contribution in [2.24, 2.45) is 0 Å². The Morgan fingerprint density at radius 2 is 2.04 bits per heavy atom. The molecule has 2 aromatic rings. The summed E-state index contributed by atoms with van der Waals surface area (Å²) >= 11 is 1.24. The predicted octanol–water partition coefficient (Wildman–Crippen LogP) is 4.26. The Labute approximate surface area is 140 Å². The van der Waals surface area contributed by atoms with Gasteiger partial charge in [0.05, 0.1) is 5.75 Å². The molecule has 0 fully saturated rings. The lowest BCUT2D eigenvalue weighted by Gasteiger charge is -2.09. The minimum absolute atomic E-state index is 0.0318. The summed E-state index contributed by atoms with van der Waals surface area (Å²) in [4.78, 5) is 13.0. The maximum atomic E-state index is 13.6. The number of methoxy groups -OCH3 is 1. The van der Waals surface area contributed by atoms with E-state index in [1.807, 2.05) is 19.9 Å². The van der Waals surface area contributed by atoms with Crippen LogP contribution in [0.2, 0.25) is 0 Å². The van der Waals surface area contributed by atoms with Crippen molar-refractivity contribution in [3.05, 3.63) is 53.1 Å². The van der Waals surface area contributed by atoms with Gasteiger partial charge in [0.1, 0.15) is 5.82 Å². The molecule has 0 saturated carbocycles. The molecule has 0 aliphatic carbocycles. The summed E-state index contributed by atoms with van der Waals surface area (Å²) in [5.74, 6) is -0.0109. The van der Waals surface area contributed by atoms with Crippen LogP contribution in [0.3, 0.4) is 0 Å². The highest BCUT2D eigenvalue weighted by Gasteiger charge is 2.16. The Bertz CT molecular complexity index is 682. The van der Waals surface area contributed by atoms with Gasteiger partial charge in [0.15, 0.2) is 5.78 Å². The summed E-state index contributed by atoms with van der Waals surface area (Å²) in [6.45, 7) is 5.49. The molecule has 0 radical (unpaired) electrons. The van der Waals surface area contributed by atoms with Crippen molar-refractivity contribution in [3.8, 4) is 0 Å². The number of thioether (sulfide) groups is 1. The minimum Gasteiger partial charge on any atom is -0.385 e. The number of benzene rings is 1. The number of rotatable bonds is 8. The fourth-order valence-electron chi connectivity index (χ4n) is 2.58. The molecule has 2 rings (SSSR count). The normalized spacial score (nSPS) is 11.0. The average molecular weight is 335 g/mol. The highest BCUT2D eigenvalue weighted by Crippen LogP contribution is 2.24. The van der Waals surface area contributed by atoms with Gasteiger partial charge in [-0.2, -0.15) is 0 Å². The molecule has 0 aliphatic rings. The van der Waals surface area contributed by atoms with Gasteiger partial charge < -0.3 is 9.30 Å². The number of aryl methyl sites for hydroxylation is 1. The summed E-state index contributed by atoms with van der Waals surface area (Å²) in [6, 6.07) is 8.45. The lowest BCUT2D eigenvalue weighted by Crippen LogP contribution is -2.08. The number of hydrogen-bond acceptors (Lipinski definition) is 3. The first-order valence-corrected chi connectivity index (χ1v) is 8.59. The molecule has 0 atom stereocenters. The van der Waals surface area contributed by atoms with Gasteiger partial charge in [0, 0.05) is 42.1 Å². The van der Waals surface area contributed by atoms with Crippen LogP contribution in [-0.2, 0) is 11.3 Å². The molecule has 3 nitrogen and oxygen atoms in total. The predicted molar refractivity (Wildman–Crippen MR) is 91.9 cm³/mol. The molecular formula is C18H22FNO2S. The molecule has 0 N–H and O–H groups in total. The molecule has 0 saturated heterocycles. The lowest BCUT2D eigenvalue weighted by atomic mass is 10.2. The molecule has 124 valence electrons. The number of ketones is 1. The molecule has 0 aliphatic heterocycles. The first kappa shape index (κ1) is 17.8. The Kier molecular flexibility index (Phi) is 6.42. The molecule has 0 bridgehead atoms. The van der Waals surface area contributed by atoms with E-state index in [1.54, 1.807) is 25.3 Å². The second kappa shape index (κ2) is 8.31. The van der Waals surface area contributed by atoms with Gasteiger partial charge in [-0.25, -0.2) is 4.39 Å². The zero-order chi connectivity index (χ0) is 16.8. The number of hydrogen-bond donors (Lipinski definition) is 0. The number of halogens is 1.